The van der Waals surface area contributed by atoms with E-state index >= 15 is 0 Å². The van der Waals surface area contributed by atoms with E-state index in [1.165, 1.54) is 25.0 Å². The molecule has 1 rings (SSSR count). The van der Waals surface area contributed by atoms with Gasteiger partial charge in [-0.1, -0.05) is 20.3 Å². The molecule has 3 heteroatoms. The van der Waals surface area contributed by atoms with Crippen LogP contribution < -0.4 is 5.32 Å². The van der Waals surface area contributed by atoms with E-state index in [0.717, 1.165) is 17.4 Å². The summed E-state index contributed by atoms with van der Waals surface area (Å²) in [6, 6.07) is 4.73. The highest BCUT2D eigenvalue weighted by atomic mass is 79.9. The topological polar surface area (TPSA) is 24.9 Å². The molecule has 0 saturated heterocycles. The Hall–Kier alpha value is -0.410. The van der Waals surface area contributed by atoms with Crippen molar-refractivity contribution in [3.63, 3.8) is 0 Å². The van der Waals surface area contributed by atoms with E-state index in [2.05, 4.69) is 52.2 Å². The number of nitrogens with zero attached hydrogens (tertiary/aromatic N) is 1. The molecule has 0 saturated carbocycles. The van der Waals surface area contributed by atoms with Crippen LogP contribution in [0.1, 0.15) is 38.8 Å². The van der Waals surface area contributed by atoms with Crippen molar-refractivity contribution in [3.05, 3.63) is 28.5 Å². The number of pyridine rings is 1. The molecule has 0 aromatic carbocycles. The smallest absolute Gasteiger partial charge is 0.0419 e. The van der Waals surface area contributed by atoms with E-state index in [9.17, 15) is 0 Å². The van der Waals surface area contributed by atoms with Gasteiger partial charge in [0.25, 0.3) is 0 Å². The Morgan fingerprint density at radius 2 is 2.12 bits per heavy atom. The van der Waals surface area contributed by atoms with Gasteiger partial charge in [0.15, 0.2) is 0 Å². The summed E-state index contributed by atoms with van der Waals surface area (Å²) < 4.78 is 1.05. The first kappa shape index (κ1) is 13.7. The molecule has 1 aromatic rings. The maximum atomic E-state index is 4.42. The molecule has 0 aliphatic carbocycles. The fourth-order valence-corrected chi connectivity index (χ4v) is 1.99. The van der Waals surface area contributed by atoms with Crippen LogP contribution in [-0.4, -0.2) is 17.6 Å². The van der Waals surface area contributed by atoms with Crippen molar-refractivity contribution >= 4 is 15.9 Å². The van der Waals surface area contributed by atoms with Gasteiger partial charge in [0.1, 0.15) is 0 Å². The van der Waals surface area contributed by atoms with Crippen LogP contribution >= 0.6 is 15.9 Å². The van der Waals surface area contributed by atoms with Crippen LogP contribution in [-0.2, 0) is 6.42 Å². The lowest BCUT2D eigenvalue weighted by atomic mass is 10.1. The second-order valence-electron chi connectivity index (χ2n) is 4.11. The van der Waals surface area contributed by atoms with Gasteiger partial charge in [-0.25, -0.2) is 0 Å². The fourth-order valence-electron chi connectivity index (χ4n) is 1.75. The Morgan fingerprint density at radius 1 is 1.31 bits per heavy atom. The molecule has 0 aliphatic heterocycles. The standard InChI is InChI=1S/C13H21BrN2/c1-3-5-12(15-8-4-2)9-13-7-6-11(14)10-16-13/h6-7,10,12,15H,3-5,8-9H2,1-2H3. The van der Waals surface area contributed by atoms with Crippen molar-refractivity contribution in [1.82, 2.24) is 10.3 Å². The van der Waals surface area contributed by atoms with Crippen LogP contribution in [0.2, 0.25) is 0 Å². The molecule has 0 amide bonds. The number of nitrogens with one attached hydrogen (secondary N) is 1. The first-order valence-electron chi connectivity index (χ1n) is 6.10. The average molecular weight is 285 g/mol. The second-order valence-corrected chi connectivity index (χ2v) is 5.03. The lowest BCUT2D eigenvalue weighted by Gasteiger charge is -2.17. The van der Waals surface area contributed by atoms with Gasteiger partial charge in [-0.05, 0) is 47.4 Å². The van der Waals surface area contributed by atoms with Gasteiger partial charge in [0.05, 0.1) is 0 Å². The molecular weight excluding hydrogens is 264 g/mol. The maximum Gasteiger partial charge on any atom is 0.0419 e. The van der Waals surface area contributed by atoms with Crippen LogP contribution in [0.4, 0.5) is 0 Å². The van der Waals surface area contributed by atoms with E-state index in [0.29, 0.717) is 6.04 Å². The quantitative estimate of drug-likeness (QED) is 0.828. The summed E-state index contributed by atoms with van der Waals surface area (Å²) in [5.74, 6) is 0. The van der Waals surface area contributed by atoms with Gasteiger partial charge in [0, 0.05) is 28.8 Å². The van der Waals surface area contributed by atoms with Gasteiger partial charge in [0.2, 0.25) is 0 Å². The third-order valence-electron chi connectivity index (χ3n) is 2.56. The van der Waals surface area contributed by atoms with Gasteiger partial charge in [-0.2, -0.15) is 0 Å². The van der Waals surface area contributed by atoms with E-state index in [1.807, 2.05) is 6.20 Å². The molecular formula is C13H21BrN2. The minimum absolute atomic E-state index is 0.568. The first-order valence-corrected chi connectivity index (χ1v) is 6.89. The maximum absolute atomic E-state index is 4.42. The van der Waals surface area contributed by atoms with Gasteiger partial charge >= 0.3 is 0 Å². The summed E-state index contributed by atoms with van der Waals surface area (Å²) in [5, 5.41) is 3.58. The lowest BCUT2D eigenvalue weighted by molar-refractivity contribution is 0.469. The zero-order valence-electron chi connectivity index (χ0n) is 10.2. The van der Waals surface area contributed by atoms with Crippen molar-refractivity contribution < 1.29 is 0 Å². The number of hydrogen-bond acceptors (Lipinski definition) is 2. The molecule has 16 heavy (non-hydrogen) atoms. The van der Waals surface area contributed by atoms with Crippen LogP contribution in [0.25, 0.3) is 0 Å². The normalized spacial score (nSPS) is 12.7. The number of hydrogen-bond donors (Lipinski definition) is 1. The van der Waals surface area contributed by atoms with Crippen molar-refractivity contribution in [2.45, 2.75) is 45.6 Å². The molecule has 2 nitrogen and oxygen atoms in total. The lowest BCUT2D eigenvalue weighted by Crippen LogP contribution is -2.31. The van der Waals surface area contributed by atoms with Crippen LogP contribution in [0.15, 0.2) is 22.8 Å². The molecule has 1 atom stereocenters. The molecule has 1 N–H and O–H groups in total. The van der Waals surface area contributed by atoms with E-state index < -0.39 is 0 Å². The molecule has 1 heterocycles. The highest BCUT2D eigenvalue weighted by Crippen LogP contribution is 2.10. The Kier molecular flexibility index (Phi) is 6.65. The predicted octanol–water partition coefficient (Wildman–Crippen LogP) is 3.55. The van der Waals surface area contributed by atoms with Gasteiger partial charge in [-0.3, -0.25) is 4.98 Å². The van der Waals surface area contributed by atoms with E-state index in [1.54, 1.807) is 0 Å². The summed E-state index contributed by atoms with van der Waals surface area (Å²) in [6.45, 7) is 5.53. The average Bonchev–Trinajstić information content (AvgIpc) is 2.29. The van der Waals surface area contributed by atoms with Crippen molar-refractivity contribution in [3.8, 4) is 0 Å². The minimum atomic E-state index is 0.568. The third kappa shape index (κ3) is 5.08. The van der Waals surface area contributed by atoms with Crippen LogP contribution in [0.3, 0.4) is 0 Å². The van der Waals surface area contributed by atoms with Gasteiger partial charge in [-0.15, -0.1) is 0 Å². The molecule has 90 valence electrons. The Balaban J connectivity index is 2.49. The fraction of sp³-hybridized carbons (Fsp3) is 0.615. The highest BCUT2D eigenvalue weighted by Gasteiger charge is 2.08. The SMILES string of the molecule is CCCNC(CCC)Cc1ccc(Br)cn1. The van der Waals surface area contributed by atoms with Crippen LogP contribution in [0, 0.1) is 0 Å². The minimum Gasteiger partial charge on any atom is -0.314 e. The summed E-state index contributed by atoms with van der Waals surface area (Å²) in [5.41, 5.74) is 1.17. The van der Waals surface area contributed by atoms with E-state index in [4.69, 9.17) is 0 Å². The molecule has 1 aromatic heterocycles. The molecule has 1 unspecified atom stereocenters. The summed E-state index contributed by atoms with van der Waals surface area (Å²) in [4.78, 5) is 4.42. The van der Waals surface area contributed by atoms with E-state index in [-0.39, 0.29) is 0 Å². The molecule has 0 aliphatic rings. The Bertz CT molecular complexity index is 284. The van der Waals surface area contributed by atoms with Gasteiger partial charge < -0.3 is 5.32 Å². The zero-order chi connectivity index (χ0) is 11.8. The number of aromatic nitrogens is 1. The third-order valence-corrected chi connectivity index (χ3v) is 3.03. The summed E-state index contributed by atoms with van der Waals surface area (Å²) >= 11 is 3.41. The van der Waals surface area contributed by atoms with Crippen molar-refractivity contribution in [2.24, 2.45) is 0 Å². The van der Waals surface area contributed by atoms with Crippen molar-refractivity contribution in [1.29, 1.82) is 0 Å². The number of rotatable bonds is 7. The monoisotopic (exact) mass is 284 g/mol. The Morgan fingerprint density at radius 3 is 2.69 bits per heavy atom. The first-order chi connectivity index (χ1) is 7.76. The molecule has 0 spiro atoms. The Labute approximate surface area is 107 Å². The predicted molar refractivity (Wildman–Crippen MR) is 72.6 cm³/mol. The molecule has 0 radical (unpaired) electrons. The summed E-state index contributed by atoms with van der Waals surface area (Å²) in [6.07, 6.45) is 6.53. The largest absolute Gasteiger partial charge is 0.314 e. The van der Waals surface area contributed by atoms with Crippen LogP contribution in [0.5, 0.6) is 0 Å². The van der Waals surface area contributed by atoms with Crippen molar-refractivity contribution in [2.75, 3.05) is 6.54 Å². The second kappa shape index (κ2) is 7.80. The molecule has 0 bridgehead atoms. The zero-order valence-corrected chi connectivity index (χ0v) is 11.8. The summed E-state index contributed by atoms with van der Waals surface area (Å²) in [7, 11) is 0. The highest BCUT2D eigenvalue weighted by molar-refractivity contribution is 9.10. The molecule has 0 fully saturated rings. The number of halogens is 1.